The summed E-state index contributed by atoms with van der Waals surface area (Å²) in [7, 11) is 0. The molecule has 0 heterocycles. The molecule has 0 spiro atoms. The fourth-order valence-corrected chi connectivity index (χ4v) is 1.73. The molecule has 15 heavy (non-hydrogen) atoms. The van der Waals surface area contributed by atoms with Gasteiger partial charge in [-0.3, -0.25) is 0 Å². The van der Waals surface area contributed by atoms with Crippen LogP contribution in [0.4, 0.5) is 0 Å². The average molecular weight is 202 g/mol. The van der Waals surface area contributed by atoms with Crippen LogP contribution in [0.2, 0.25) is 0 Å². The molecular weight excluding hydrogens is 180 g/mol. The van der Waals surface area contributed by atoms with Gasteiger partial charge in [0, 0.05) is 0 Å². The molecule has 0 saturated carbocycles. The Morgan fingerprint density at radius 1 is 1.07 bits per heavy atom. The van der Waals surface area contributed by atoms with Crippen LogP contribution in [0.3, 0.4) is 0 Å². The lowest BCUT2D eigenvalue weighted by Crippen LogP contribution is -1.87. The van der Waals surface area contributed by atoms with Gasteiger partial charge in [0.25, 0.3) is 0 Å². The fourth-order valence-electron chi connectivity index (χ4n) is 1.73. The van der Waals surface area contributed by atoms with Crippen LogP contribution < -0.4 is 0 Å². The molecule has 0 N–H and O–H groups in total. The van der Waals surface area contributed by atoms with E-state index in [1.165, 1.54) is 42.4 Å². The summed E-state index contributed by atoms with van der Waals surface area (Å²) in [6.45, 7) is 8.54. The molecule has 0 heteroatoms. The zero-order valence-electron chi connectivity index (χ0n) is 10.1. The van der Waals surface area contributed by atoms with Crippen LogP contribution in [-0.2, 0) is 6.42 Å². The Kier molecular flexibility index (Phi) is 5.17. The van der Waals surface area contributed by atoms with Crippen LogP contribution >= 0.6 is 0 Å². The van der Waals surface area contributed by atoms with Crippen LogP contribution in [0.1, 0.15) is 50.7 Å². The summed E-state index contributed by atoms with van der Waals surface area (Å²) in [6.07, 6.45) is 6.04. The molecule has 0 atom stereocenters. The Morgan fingerprint density at radius 3 is 2.27 bits per heavy atom. The maximum atomic E-state index is 4.11. The second kappa shape index (κ2) is 6.44. The largest absolute Gasteiger partial charge is 0.0952 e. The monoisotopic (exact) mass is 202 g/mol. The van der Waals surface area contributed by atoms with Gasteiger partial charge in [0.05, 0.1) is 0 Å². The van der Waals surface area contributed by atoms with Gasteiger partial charge in [-0.15, -0.1) is 0 Å². The van der Waals surface area contributed by atoms with E-state index in [9.17, 15) is 0 Å². The van der Waals surface area contributed by atoms with E-state index < -0.39 is 0 Å². The number of hydrogen-bond acceptors (Lipinski definition) is 0. The van der Waals surface area contributed by atoms with Crippen LogP contribution in [0.25, 0.3) is 5.57 Å². The van der Waals surface area contributed by atoms with Crippen LogP contribution in [0.15, 0.2) is 30.8 Å². The normalized spacial score (nSPS) is 10.3. The highest BCUT2D eigenvalue weighted by Gasteiger charge is 1.98. The zero-order chi connectivity index (χ0) is 11.1. The van der Waals surface area contributed by atoms with Crippen molar-refractivity contribution in [3.63, 3.8) is 0 Å². The smallest absolute Gasteiger partial charge is 0.0230 e. The molecule has 0 unspecified atom stereocenters. The number of unbranched alkanes of at least 4 members (excludes halogenated alkanes) is 1. The molecule has 1 rings (SSSR count). The number of aryl methyl sites for hydroxylation is 1. The van der Waals surface area contributed by atoms with Crippen molar-refractivity contribution in [2.45, 2.75) is 46.0 Å². The summed E-state index contributed by atoms with van der Waals surface area (Å²) in [5, 5.41) is 0. The first-order valence-electron chi connectivity index (χ1n) is 6.05. The molecule has 82 valence electrons. The van der Waals surface area contributed by atoms with Gasteiger partial charge in [-0.25, -0.2) is 0 Å². The third kappa shape index (κ3) is 3.91. The highest BCUT2D eigenvalue weighted by Crippen LogP contribution is 2.18. The van der Waals surface area contributed by atoms with Crippen molar-refractivity contribution in [2.24, 2.45) is 0 Å². The van der Waals surface area contributed by atoms with Crippen molar-refractivity contribution < 1.29 is 0 Å². The van der Waals surface area contributed by atoms with Crippen molar-refractivity contribution >= 4 is 5.57 Å². The number of benzene rings is 1. The van der Waals surface area contributed by atoms with Gasteiger partial charge in [0.1, 0.15) is 0 Å². The predicted octanol–water partition coefficient (Wildman–Crippen LogP) is 4.84. The second-order valence-electron chi connectivity index (χ2n) is 4.15. The Balaban J connectivity index is 2.59. The number of rotatable bonds is 6. The van der Waals surface area contributed by atoms with E-state index in [0.717, 1.165) is 6.42 Å². The van der Waals surface area contributed by atoms with E-state index in [-0.39, 0.29) is 0 Å². The molecule has 1 aromatic rings. The first-order chi connectivity index (χ1) is 7.27. The molecule has 0 radical (unpaired) electrons. The van der Waals surface area contributed by atoms with Crippen LogP contribution in [-0.4, -0.2) is 0 Å². The molecule has 0 aliphatic heterocycles. The molecule has 1 aromatic carbocycles. The maximum absolute atomic E-state index is 4.11. The van der Waals surface area contributed by atoms with E-state index >= 15 is 0 Å². The number of hydrogen-bond donors (Lipinski definition) is 0. The Bertz CT molecular complexity index is 292. The average Bonchev–Trinajstić information content (AvgIpc) is 2.27. The first kappa shape index (κ1) is 12.0. The Labute approximate surface area is 94.0 Å². The van der Waals surface area contributed by atoms with E-state index in [1.54, 1.807) is 0 Å². The van der Waals surface area contributed by atoms with Crippen LogP contribution in [0.5, 0.6) is 0 Å². The van der Waals surface area contributed by atoms with Gasteiger partial charge in [0.15, 0.2) is 0 Å². The molecular formula is C15H22. The third-order valence-electron chi connectivity index (χ3n) is 2.73. The summed E-state index contributed by atoms with van der Waals surface area (Å²) < 4.78 is 0. The highest BCUT2D eigenvalue weighted by molar-refractivity contribution is 5.63. The Morgan fingerprint density at radius 2 is 1.73 bits per heavy atom. The quantitative estimate of drug-likeness (QED) is 0.619. The van der Waals surface area contributed by atoms with E-state index in [0.29, 0.717) is 0 Å². The first-order valence-corrected chi connectivity index (χ1v) is 6.05. The third-order valence-corrected chi connectivity index (χ3v) is 2.73. The minimum Gasteiger partial charge on any atom is -0.0952 e. The lowest BCUT2D eigenvalue weighted by atomic mass is 10.0. The second-order valence-corrected chi connectivity index (χ2v) is 4.15. The molecule has 0 aromatic heterocycles. The summed E-state index contributed by atoms with van der Waals surface area (Å²) in [5.41, 5.74) is 4.02. The van der Waals surface area contributed by atoms with Gasteiger partial charge >= 0.3 is 0 Å². The maximum Gasteiger partial charge on any atom is -0.0230 e. The van der Waals surface area contributed by atoms with Crippen molar-refractivity contribution in [1.82, 2.24) is 0 Å². The van der Waals surface area contributed by atoms with Crippen LogP contribution in [0, 0.1) is 0 Å². The minimum absolute atomic E-state index is 1.11. The van der Waals surface area contributed by atoms with Gasteiger partial charge in [-0.2, -0.15) is 0 Å². The van der Waals surface area contributed by atoms with Crippen molar-refractivity contribution in [1.29, 1.82) is 0 Å². The lowest BCUT2D eigenvalue weighted by molar-refractivity contribution is 0.795. The molecule has 0 bridgehead atoms. The zero-order valence-corrected chi connectivity index (χ0v) is 10.1. The van der Waals surface area contributed by atoms with E-state index in [1.807, 2.05) is 0 Å². The SMILES string of the molecule is C=C(CCC)c1ccc(CCCC)cc1. The van der Waals surface area contributed by atoms with Gasteiger partial charge in [-0.1, -0.05) is 57.5 Å². The Hall–Kier alpha value is -1.04. The molecule has 0 saturated heterocycles. The lowest BCUT2D eigenvalue weighted by Gasteiger charge is -2.05. The molecule has 0 aliphatic carbocycles. The van der Waals surface area contributed by atoms with E-state index in [4.69, 9.17) is 0 Å². The molecule has 0 amide bonds. The number of allylic oxidation sites excluding steroid dienone is 1. The van der Waals surface area contributed by atoms with Gasteiger partial charge in [0.2, 0.25) is 0 Å². The van der Waals surface area contributed by atoms with Crippen molar-refractivity contribution in [2.75, 3.05) is 0 Å². The summed E-state index contributed by atoms with van der Waals surface area (Å²) in [5.74, 6) is 0. The summed E-state index contributed by atoms with van der Waals surface area (Å²) >= 11 is 0. The highest BCUT2D eigenvalue weighted by atomic mass is 14.0. The molecule has 0 aliphatic rings. The van der Waals surface area contributed by atoms with Crippen molar-refractivity contribution in [3.8, 4) is 0 Å². The summed E-state index contributed by atoms with van der Waals surface area (Å²) in [6, 6.07) is 8.91. The minimum atomic E-state index is 1.11. The fraction of sp³-hybridized carbons (Fsp3) is 0.467. The summed E-state index contributed by atoms with van der Waals surface area (Å²) in [4.78, 5) is 0. The predicted molar refractivity (Wildman–Crippen MR) is 69.0 cm³/mol. The topological polar surface area (TPSA) is 0 Å². The van der Waals surface area contributed by atoms with Crippen molar-refractivity contribution in [3.05, 3.63) is 42.0 Å². The van der Waals surface area contributed by atoms with E-state index in [2.05, 4.69) is 44.7 Å². The molecule has 0 nitrogen and oxygen atoms in total. The van der Waals surface area contributed by atoms with Gasteiger partial charge in [-0.05, 0) is 36.0 Å². The standard InChI is InChI=1S/C15H22/c1-4-6-8-14-9-11-15(12-10-14)13(3)7-5-2/h9-12H,3-8H2,1-2H3. The van der Waals surface area contributed by atoms with Gasteiger partial charge < -0.3 is 0 Å². The molecule has 0 fully saturated rings.